The third-order valence-corrected chi connectivity index (χ3v) is 2.37. The van der Waals surface area contributed by atoms with Gasteiger partial charge in [-0.2, -0.15) is 5.10 Å². The Labute approximate surface area is 96.6 Å². The van der Waals surface area contributed by atoms with E-state index in [1.807, 2.05) is 17.8 Å². The Morgan fingerprint density at radius 1 is 1.53 bits per heavy atom. The lowest BCUT2D eigenvalue weighted by Crippen LogP contribution is -2.00. The molecule has 0 aliphatic carbocycles. The fourth-order valence-corrected chi connectivity index (χ4v) is 1.32. The summed E-state index contributed by atoms with van der Waals surface area (Å²) in [6.45, 7) is 6.21. The Morgan fingerprint density at radius 3 is 2.80 bits per heavy atom. The minimum atomic E-state index is 0.391. The SMILES string of the molecule is Cc1nn(C(C)C)cc1C#CCCCCl. The van der Waals surface area contributed by atoms with E-state index >= 15 is 0 Å². The normalized spacial score (nSPS) is 10.2. The van der Waals surface area contributed by atoms with Crippen molar-refractivity contribution in [3.63, 3.8) is 0 Å². The zero-order valence-electron chi connectivity index (χ0n) is 9.55. The van der Waals surface area contributed by atoms with Crippen molar-refractivity contribution in [2.45, 2.75) is 39.7 Å². The van der Waals surface area contributed by atoms with Gasteiger partial charge in [-0.1, -0.05) is 11.8 Å². The summed E-state index contributed by atoms with van der Waals surface area (Å²) in [5, 5.41) is 4.40. The minimum absolute atomic E-state index is 0.391. The number of alkyl halides is 1. The molecular weight excluding hydrogens is 208 g/mol. The van der Waals surface area contributed by atoms with Crippen molar-refractivity contribution in [3.8, 4) is 11.8 Å². The summed E-state index contributed by atoms with van der Waals surface area (Å²) in [6, 6.07) is 0.391. The summed E-state index contributed by atoms with van der Waals surface area (Å²) >= 11 is 5.58. The van der Waals surface area contributed by atoms with Crippen LogP contribution in [0.25, 0.3) is 0 Å². The van der Waals surface area contributed by atoms with Crippen LogP contribution in [0.2, 0.25) is 0 Å². The van der Waals surface area contributed by atoms with Gasteiger partial charge in [0.25, 0.3) is 0 Å². The Morgan fingerprint density at radius 2 is 2.27 bits per heavy atom. The molecule has 0 saturated heterocycles. The van der Waals surface area contributed by atoms with E-state index in [1.54, 1.807) is 0 Å². The van der Waals surface area contributed by atoms with E-state index in [4.69, 9.17) is 11.6 Å². The molecule has 3 heteroatoms. The molecule has 0 bridgehead atoms. The fraction of sp³-hybridized carbons (Fsp3) is 0.583. The van der Waals surface area contributed by atoms with E-state index in [1.165, 1.54) is 0 Å². The molecule has 0 saturated carbocycles. The Kier molecular flexibility index (Phi) is 4.71. The summed E-state index contributed by atoms with van der Waals surface area (Å²) in [5.41, 5.74) is 2.03. The number of unbranched alkanes of at least 4 members (excludes halogenated alkanes) is 1. The van der Waals surface area contributed by atoms with E-state index in [2.05, 4.69) is 30.8 Å². The van der Waals surface area contributed by atoms with Crippen LogP contribution in [0, 0.1) is 18.8 Å². The van der Waals surface area contributed by atoms with Crippen LogP contribution < -0.4 is 0 Å². The molecule has 15 heavy (non-hydrogen) atoms. The highest BCUT2D eigenvalue weighted by molar-refractivity contribution is 6.17. The van der Waals surface area contributed by atoms with Crippen LogP contribution >= 0.6 is 11.6 Å². The molecule has 0 aliphatic rings. The van der Waals surface area contributed by atoms with Crippen molar-refractivity contribution in [2.24, 2.45) is 0 Å². The van der Waals surface area contributed by atoms with Gasteiger partial charge in [0.2, 0.25) is 0 Å². The highest BCUT2D eigenvalue weighted by atomic mass is 35.5. The number of rotatable bonds is 3. The maximum Gasteiger partial charge on any atom is 0.0750 e. The Balaban J connectivity index is 2.71. The van der Waals surface area contributed by atoms with Gasteiger partial charge in [0.15, 0.2) is 0 Å². The fourth-order valence-electron chi connectivity index (χ4n) is 1.18. The second-order valence-corrected chi connectivity index (χ2v) is 4.17. The van der Waals surface area contributed by atoms with Crippen molar-refractivity contribution < 1.29 is 0 Å². The van der Waals surface area contributed by atoms with Crippen LogP contribution in [0.15, 0.2) is 6.20 Å². The number of aryl methyl sites for hydroxylation is 1. The van der Waals surface area contributed by atoms with Gasteiger partial charge in [0, 0.05) is 24.5 Å². The quantitative estimate of drug-likeness (QED) is 0.438. The first-order valence-electron chi connectivity index (χ1n) is 5.25. The molecule has 1 heterocycles. The van der Waals surface area contributed by atoms with Crippen LogP contribution in [-0.4, -0.2) is 15.7 Å². The number of halogens is 1. The average molecular weight is 225 g/mol. The molecule has 0 fully saturated rings. The molecule has 82 valence electrons. The molecule has 1 rings (SSSR count). The zero-order valence-corrected chi connectivity index (χ0v) is 10.3. The molecule has 0 aromatic carbocycles. The smallest absolute Gasteiger partial charge is 0.0750 e. The lowest BCUT2D eigenvalue weighted by Gasteiger charge is -2.02. The number of hydrogen-bond acceptors (Lipinski definition) is 1. The topological polar surface area (TPSA) is 17.8 Å². The molecule has 0 aliphatic heterocycles. The second kappa shape index (κ2) is 5.82. The molecule has 0 unspecified atom stereocenters. The molecule has 1 aromatic rings. The first-order chi connectivity index (χ1) is 7.15. The molecular formula is C12H17ClN2. The minimum Gasteiger partial charge on any atom is -0.269 e. The van der Waals surface area contributed by atoms with Gasteiger partial charge in [-0.15, -0.1) is 11.6 Å². The van der Waals surface area contributed by atoms with Gasteiger partial charge in [0.1, 0.15) is 0 Å². The zero-order chi connectivity index (χ0) is 11.3. The monoisotopic (exact) mass is 224 g/mol. The maximum absolute atomic E-state index is 5.58. The molecule has 1 aromatic heterocycles. The van der Waals surface area contributed by atoms with Crippen molar-refractivity contribution in [3.05, 3.63) is 17.5 Å². The Bertz CT molecular complexity index is 369. The third kappa shape index (κ3) is 3.60. The van der Waals surface area contributed by atoms with E-state index in [0.717, 1.165) is 24.1 Å². The largest absolute Gasteiger partial charge is 0.269 e. The standard InChI is InChI=1S/C12H17ClN2/c1-10(2)15-9-12(11(3)14-15)7-5-4-6-8-13/h9-10H,4,6,8H2,1-3H3. The number of aromatic nitrogens is 2. The highest BCUT2D eigenvalue weighted by Gasteiger charge is 2.03. The van der Waals surface area contributed by atoms with Crippen molar-refractivity contribution in [1.82, 2.24) is 9.78 Å². The van der Waals surface area contributed by atoms with Gasteiger partial charge in [-0.05, 0) is 27.2 Å². The summed E-state index contributed by atoms with van der Waals surface area (Å²) in [7, 11) is 0. The molecule has 0 N–H and O–H groups in total. The summed E-state index contributed by atoms with van der Waals surface area (Å²) in [4.78, 5) is 0. The molecule has 0 spiro atoms. The van der Waals surface area contributed by atoms with Gasteiger partial charge in [0.05, 0.1) is 11.3 Å². The number of hydrogen-bond donors (Lipinski definition) is 0. The third-order valence-electron chi connectivity index (χ3n) is 2.10. The lowest BCUT2D eigenvalue weighted by atomic mass is 10.2. The van der Waals surface area contributed by atoms with Crippen LogP contribution in [-0.2, 0) is 0 Å². The van der Waals surface area contributed by atoms with Gasteiger partial charge in [-0.25, -0.2) is 0 Å². The predicted octanol–water partition coefficient (Wildman–Crippen LogP) is 3.14. The maximum atomic E-state index is 5.58. The molecule has 0 amide bonds. The van der Waals surface area contributed by atoms with Crippen molar-refractivity contribution in [1.29, 1.82) is 0 Å². The second-order valence-electron chi connectivity index (χ2n) is 3.80. The van der Waals surface area contributed by atoms with Crippen LogP contribution in [0.1, 0.15) is 44.0 Å². The van der Waals surface area contributed by atoms with Crippen LogP contribution in [0.3, 0.4) is 0 Å². The van der Waals surface area contributed by atoms with Crippen LogP contribution in [0.4, 0.5) is 0 Å². The van der Waals surface area contributed by atoms with Crippen molar-refractivity contribution in [2.75, 3.05) is 5.88 Å². The van der Waals surface area contributed by atoms with E-state index < -0.39 is 0 Å². The summed E-state index contributed by atoms with van der Waals surface area (Å²) in [6.07, 6.45) is 3.81. The lowest BCUT2D eigenvalue weighted by molar-refractivity contribution is 0.529. The van der Waals surface area contributed by atoms with Gasteiger partial charge < -0.3 is 0 Å². The van der Waals surface area contributed by atoms with E-state index in [9.17, 15) is 0 Å². The van der Waals surface area contributed by atoms with E-state index in [-0.39, 0.29) is 0 Å². The van der Waals surface area contributed by atoms with E-state index in [0.29, 0.717) is 11.9 Å². The van der Waals surface area contributed by atoms with Crippen LogP contribution in [0.5, 0.6) is 0 Å². The first-order valence-corrected chi connectivity index (χ1v) is 5.79. The van der Waals surface area contributed by atoms with Gasteiger partial charge in [-0.3, -0.25) is 4.68 Å². The summed E-state index contributed by atoms with van der Waals surface area (Å²) in [5.74, 6) is 6.92. The number of nitrogens with zero attached hydrogens (tertiary/aromatic N) is 2. The molecule has 2 nitrogen and oxygen atoms in total. The first kappa shape index (κ1) is 12.1. The predicted molar refractivity (Wildman–Crippen MR) is 64.2 cm³/mol. The molecule has 0 atom stereocenters. The average Bonchev–Trinajstić information content (AvgIpc) is 2.55. The Hall–Kier alpha value is -0.940. The van der Waals surface area contributed by atoms with Crippen molar-refractivity contribution >= 4 is 11.6 Å². The highest BCUT2D eigenvalue weighted by Crippen LogP contribution is 2.09. The van der Waals surface area contributed by atoms with Gasteiger partial charge >= 0.3 is 0 Å². The summed E-state index contributed by atoms with van der Waals surface area (Å²) < 4.78 is 1.95. The molecule has 0 radical (unpaired) electrons.